The summed E-state index contributed by atoms with van der Waals surface area (Å²) in [5.74, 6) is 1.91. The molecule has 0 spiro atoms. The van der Waals surface area contributed by atoms with Crippen molar-refractivity contribution in [3.05, 3.63) is 30.1 Å². The molecular formula is C14H17N3O. The first kappa shape index (κ1) is 11.3. The number of rotatable bonds is 1. The molecule has 0 bridgehead atoms. The maximum Gasteiger partial charge on any atom is 0.164 e. The highest BCUT2D eigenvalue weighted by Gasteiger charge is 2.20. The number of fused-ring (bicyclic) bond motifs is 1. The van der Waals surface area contributed by atoms with Crippen LogP contribution in [-0.2, 0) is 12.0 Å². The van der Waals surface area contributed by atoms with Crippen molar-refractivity contribution < 1.29 is 4.74 Å². The molecule has 0 fully saturated rings. The lowest BCUT2D eigenvalue weighted by Gasteiger charge is -2.22. The van der Waals surface area contributed by atoms with Crippen LogP contribution in [0.3, 0.4) is 0 Å². The fourth-order valence-corrected chi connectivity index (χ4v) is 2.25. The van der Waals surface area contributed by atoms with E-state index in [4.69, 9.17) is 4.74 Å². The van der Waals surface area contributed by atoms with E-state index in [1.165, 1.54) is 5.56 Å². The first-order valence-electron chi connectivity index (χ1n) is 6.22. The molecule has 2 aromatic rings. The molecule has 0 saturated carbocycles. The van der Waals surface area contributed by atoms with E-state index in [2.05, 4.69) is 47.7 Å². The van der Waals surface area contributed by atoms with Crippen molar-refractivity contribution >= 4 is 0 Å². The monoisotopic (exact) mass is 243 g/mol. The summed E-state index contributed by atoms with van der Waals surface area (Å²) >= 11 is 0. The second-order valence-electron chi connectivity index (χ2n) is 5.62. The second-order valence-corrected chi connectivity index (χ2v) is 5.62. The minimum atomic E-state index is -0.0195. The summed E-state index contributed by atoms with van der Waals surface area (Å²) in [4.78, 5) is 0. The van der Waals surface area contributed by atoms with Gasteiger partial charge in [0.15, 0.2) is 5.82 Å². The number of hydrogen-bond acceptors (Lipinski definition) is 3. The van der Waals surface area contributed by atoms with E-state index >= 15 is 0 Å². The zero-order chi connectivity index (χ0) is 12.8. The van der Waals surface area contributed by atoms with Gasteiger partial charge in [-0.2, -0.15) is 0 Å². The summed E-state index contributed by atoms with van der Waals surface area (Å²) in [7, 11) is 0. The van der Waals surface area contributed by atoms with Crippen LogP contribution in [0.4, 0.5) is 0 Å². The van der Waals surface area contributed by atoms with Crippen LogP contribution in [0.1, 0.15) is 26.3 Å². The standard InChI is InChI=1S/C14H17N3O/c1-14(2,3)17-9-15-16-13(17)11-4-5-12-10(8-11)6-7-18-12/h4-5,8-9H,6-7H2,1-3H3. The number of nitrogens with zero attached hydrogens (tertiary/aromatic N) is 3. The van der Waals surface area contributed by atoms with Crippen LogP contribution in [0.25, 0.3) is 11.4 Å². The van der Waals surface area contributed by atoms with Crippen molar-refractivity contribution in [3.8, 4) is 17.1 Å². The molecular weight excluding hydrogens is 226 g/mol. The molecule has 0 amide bonds. The Morgan fingerprint density at radius 2 is 2.11 bits per heavy atom. The van der Waals surface area contributed by atoms with Crippen molar-refractivity contribution in [1.29, 1.82) is 0 Å². The summed E-state index contributed by atoms with van der Waals surface area (Å²) in [6.45, 7) is 7.23. The lowest BCUT2D eigenvalue weighted by molar-refractivity contribution is 0.357. The minimum Gasteiger partial charge on any atom is -0.493 e. The Morgan fingerprint density at radius 1 is 1.28 bits per heavy atom. The average Bonchev–Trinajstić information content (AvgIpc) is 2.96. The van der Waals surface area contributed by atoms with Crippen LogP contribution in [-0.4, -0.2) is 21.4 Å². The number of benzene rings is 1. The van der Waals surface area contributed by atoms with Crippen LogP contribution in [0.15, 0.2) is 24.5 Å². The van der Waals surface area contributed by atoms with E-state index in [0.29, 0.717) is 0 Å². The summed E-state index contributed by atoms with van der Waals surface area (Å²) in [5, 5.41) is 8.29. The average molecular weight is 243 g/mol. The molecule has 18 heavy (non-hydrogen) atoms. The summed E-state index contributed by atoms with van der Waals surface area (Å²) in [5.41, 5.74) is 2.34. The highest BCUT2D eigenvalue weighted by atomic mass is 16.5. The quantitative estimate of drug-likeness (QED) is 0.773. The second kappa shape index (κ2) is 3.83. The topological polar surface area (TPSA) is 39.9 Å². The molecule has 3 rings (SSSR count). The van der Waals surface area contributed by atoms with Gasteiger partial charge in [0, 0.05) is 17.5 Å². The molecule has 1 aliphatic rings. The smallest absolute Gasteiger partial charge is 0.164 e. The summed E-state index contributed by atoms with van der Waals surface area (Å²) in [6, 6.07) is 6.24. The molecule has 0 unspecified atom stereocenters. The zero-order valence-electron chi connectivity index (χ0n) is 11.0. The van der Waals surface area contributed by atoms with E-state index < -0.39 is 0 Å². The molecule has 1 aromatic carbocycles. The van der Waals surface area contributed by atoms with Crippen molar-refractivity contribution in [2.45, 2.75) is 32.7 Å². The van der Waals surface area contributed by atoms with E-state index in [0.717, 1.165) is 30.2 Å². The summed E-state index contributed by atoms with van der Waals surface area (Å²) < 4.78 is 7.63. The van der Waals surface area contributed by atoms with Gasteiger partial charge in [0.1, 0.15) is 12.1 Å². The van der Waals surface area contributed by atoms with Crippen molar-refractivity contribution in [2.75, 3.05) is 6.61 Å². The molecule has 4 nitrogen and oxygen atoms in total. The molecule has 0 radical (unpaired) electrons. The predicted octanol–water partition coefficient (Wildman–Crippen LogP) is 2.64. The maximum atomic E-state index is 5.53. The third kappa shape index (κ3) is 1.78. The van der Waals surface area contributed by atoms with E-state index in [1.807, 2.05) is 6.07 Å². The third-order valence-electron chi connectivity index (χ3n) is 3.22. The van der Waals surface area contributed by atoms with Crippen LogP contribution in [0.2, 0.25) is 0 Å². The number of hydrogen-bond donors (Lipinski definition) is 0. The molecule has 2 heterocycles. The summed E-state index contributed by atoms with van der Waals surface area (Å²) in [6.07, 6.45) is 2.77. The van der Waals surface area contributed by atoms with Crippen molar-refractivity contribution in [3.63, 3.8) is 0 Å². The van der Waals surface area contributed by atoms with Gasteiger partial charge in [-0.3, -0.25) is 0 Å². The minimum absolute atomic E-state index is 0.0195. The number of ether oxygens (including phenoxy) is 1. The molecule has 0 saturated heterocycles. The first-order chi connectivity index (χ1) is 8.55. The fourth-order valence-electron chi connectivity index (χ4n) is 2.25. The molecule has 1 aliphatic heterocycles. The Morgan fingerprint density at radius 3 is 2.89 bits per heavy atom. The van der Waals surface area contributed by atoms with Crippen molar-refractivity contribution in [2.24, 2.45) is 0 Å². The Labute approximate surface area is 107 Å². The third-order valence-corrected chi connectivity index (χ3v) is 3.22. The molecule has 1 aromatic heterocycles. The van der Waals surface area contributed by atoms with Gasteiger partial charge in [-0.15, -0.1) is 10.2 Å². The highest BCUT2D eigenvalue weighted by Crippen LogP contribution is 2.31. The fraction of sp³-hybridized carbons (Fsp3) is 0.429. The van der Waals surface area contributed by atoms with Crippen LogP contribution in [0.5, 0.6) is 5.75 Å². The normalized spacial score (nSPS) is 14.4. The van der Waals surface area contributed by atoms with E-state index in [-0.39, 0.29) is 5.54 Å². The SMILES string of the molecule is CC(C)(C)n1cnnc1-c1ccc2c(c1)CCO2. The predicted molar refractivity (Wildman–Crippen MR) is 69.7 cm³/mol. The van der Waals surface area contributed by atoms with Gasteiger partial charge >= 0.3 is 0 Å². The largest absolute Gasteiger partial charge is 0.493 e. The van der Waals surface area contributed by atoms with Gasteiger partial charge in [0.2, 0.25) is 0 Å². The van der Waals surface area contributed by atoms with Crippen LogP contribution in [0, 0.1) is 0 Å². The van der Waals surface area contributed by atoms with Gasteiger partial charge in [-0.25, -0.2) is 0 Å². The molecule has 0 aliphatic carbocycles. The molecule has 4 heteroatoms. The maximum absolute atomic E-state index is 5.53. The van der Waals surface area contributed by atoms with Gasteiger partial charge < -0.3 is 9.30 Å². The van der Waals surface area contributed by atoms with Crippen molar-refractivity contribution in [1.82, 2.24) is 14.8 Å². The Balaban J connectivity index is 2.08. The van der Waals surface area contributed by atoms with Gasteiger partial charge in [-0.05, 0) is 44.5 Å². The first-order valence-corrected chi connectivity index (χ1v) is 6.22. The molecule has 0 N–H and O–H groups in total. The van der Waals surface area contributed by atoms with E-state index in [9.17, 15) is 0 Å². The van der Waals surface area contributed by atoms with E-state index in [1.54, 1.807) is 6.33 Å². The van der Waals surface area contributed by atoms with Gasteiger partial charge in [0.05, 0.1) is 6.61 Å². The zero-order valence-corrected chi connectivity index (χ0v) is 11.0. The highest BCUT2D eigenvalue weighted by molar-refractivity contribution is 5.59. The Kier molecular flexibility index (Phi) is 2.40. The van der Waals surface area contributed by atoms with Crippen LogP contribution < -0.4 is 4.74 Å². The van der Waals surface area contributed by atoms with Crippen LogP contribution >= 0.6 is 0 Å². The number of aromatic nitrogens is 3. The molecule has 0 atom stereocenters. The molecule has 94 valence electrons. The Hall–Kier alpha value is -1.84. The lowest BCUT2D eigenvalue weighted by Crippen LogP contribution is -2.21. The van der Waals surface area contributed by atoms with Gasteiger partial charge in [-0.1, -0.05) is 0 Å². The lowest BCUT2D eigenvalue weighted by atomic mass is 10.1. The van der Waals surface area contributed by atoms with Gasteiger partial charge in [0.25, 0.3) is 0 Å². The Bertz CT molecular complexity index is 581.